The summed E-state index contributed by atoms with van der Waals surface area (Å²) >= 11 is 0. The van der Waals surface area contributed by atoms with Crippen LogP contribution in [-0.4, -0.2) is 23.9 Å². The van der Waals surface area contributed by atoms with Crippen LogP contribution in [0.1, 0.15) is 75.0 Å². The normalized spacial score (nSPS) is 16.1. The summed E-state index contributed by atoms with van der Waals surface area (Å²) < 4.78 is 0. The van der Waals surface area contributed by atoms with E-state index in [-0.39, 0.29) is 11.8 Å². The van der Waals surface area contributed by atoms with Gasteiger partial charge in [0.05, 0.1) is 0 Å². The molecule has 4 heteroatoms. The van der Waals surface area contributed by atoms with Crippen LogP contribution in [0.25, 0.3) is 0 Å². The Hall–Kier alpha value is -1.84. The fraction of sp³-hybridized carbons (Fsp3) is 0.636. The minimum atomic E-state index is -0.703. The number of rotatable bonds is 8. The SMILES string of the molecule is CCCCNC(=O)C1(NC(=O)CCc2ccc(C)cc2C)CCCCC1. The van der Waals surface area contributed by atoms with E-state index in [0.717, 1.165) is 44.9 Å². The standard InChI is InChI=1S/C22H34N2O2/c1-4-5-15-23-21(26)22(13-7-6-8-14-22)24-20(25)12-11-19-10-9-17(2)16-18(19)3/h9-10,16H,4-8,11-15H2,1-3H3,(H,23,26)(H,24,25). The summed E-state index contributed by atoms with van der Waals surface area (Å²) in [5.74, 6) is -0.0111. The second kappa shape index (κ2) is 9.75. The van der Waals surface area contributed by atoms with Gasteiger partial charge in [-0.05, 0) is 50.7 Å². The molecule has 0 heterocycles. The summed E-state index contributed by atoms with van der Waals surface area (Å²) in [6.45, 7) is 6.96. The number of aryl methyl sites for hydroxylation is 3. The Kier molecular flexibility index (Phi) is 7.67. The topological polar surface area (TPSA) is 58.2 Å². The highest BCUT2D eigenvalue weighted by Gasteiger charge is 2.40. The van der Waals surface area contributed by atoms with Gasteiger partial charge in [-0.3, -0.25) is 9.59 Å². The van der Waals surface area contributed by atoms with Crippen molar-refractivity contribution in [3.05, 3.63) is 34.9 Å². The van der Waals surface area contributed by atoms with Gasteiger partial charge in [-0.25, -0.2) is 0 Å². The molecule has 1 aromatic carbocycles. The van der Waals surface area contributed by atoms with Gasteiger partial charge in [-0.1, -0.05) is 56.4 Å². The van der Waals surface area contributed by atoms with Crippen LogP contribution < -0.4 is 10.6 Å². The van der Waals surface area contributed by atoms with E-state index in [1.807, 2.05) is 0 Å². The van der Waals surface area contributed by atoms with Crippen molar-refractivity contribution in [1.82, 2.24) is 10.6 Å². The Morgan fingerprint density at radius 3 is 2.50 bits per heavy atom. The smallest absolute Gasteiger partial charge is 0.245 e. The molecule has 0 saturated heterocycles. The van der Waals surface area contributed by atoms with E-state index in [1.54, 1.807) is 0 Å². The summed E-state index contributed by atoms with van der Waals surface area (Å²) in [5, 5.41) is 6.14. The van der Waals surface area contributed by atoms with Crippen LogP contribution in [0.15, 0.2) is 18.2 Å². The molecule has 1 aliphatic carbocycles. The van der Waals surface area contributed by atoms with Gasteiger partial charge in [-0.15, -0.1) is 0 Å². The van der Waals surface area contributed by atoms with Gasteiger partial charge in [0.25, 0.3) is 0 Å². The number of unbranched alkanes of at least 4 members (excludes halogenated alkanes) is 1. The quantitative estimate of drug-likeness (QED) is 0.691. The van der Waals surface area contributed by atoms with Crippen molar-refractivity contribution in [3.63, 3.8) is 0 Å². The van der Waals surface area contributed by atoms with E-state index in [9.17, 15) is 9.59 Å². The van der Waals surface area contributed by atoms with E-state index in [2.05, 4.69) is 49.6 Å². The Morgan fingerprint density at radius 2 is 1.85 bits per heavy atom. The summed E-state index contributed by atoms with van der Waals surface area (Å²) in [5.41, 5.74) is 2.96. The number of benzene rings is 1. The molecule has 4 nitrogen and oxygen atoms in total. The van der Waals surface area contributed by atoms with Crippen LogP contribution in [0.2, 0.25) is 0 Å². The van der Waals surface area contributed by atoms with Crippen molar-refractivity contribution in [2.24, 2.45) is 0 Å². The number of nitrogens with one attached hydrogen (secondary N) is 2. The highest BCUT2D eigenvalue weighted by molar-refractivity contribution is 5.91. The van der Waals surface area contributed by atoms with Crippen molar-refractivity contribution < 1.29 is 9.59 Å². The largest absolute Gasteiger partial charge is 0.354 e. The number of hydrogen-bond acceptors (Lipinski definition) is 2. The maximum absolute atomic E-state index is 12.8. The van der Waals surface area contributed by atoms with Gasteiger partial charge in [0.2, 0.25) is 11.8 Å². The highest BCUT2D eigenvalue weighted by Crippen LogP contribution is 2.29. The average Bonchev–Trinajstić information content (AvgIpc) is 2.62. The third-order valence-corrected chi connectivity index (χ3v) is 5.46. The Bertz CT molecular complexity index is 619. The van der Waals surface area contributed by atoms with Crippen LogP contribution in [0, 0.1) is 13.8 Å². The van der Waals surface area contributed by atoms with Gasteiger partial charge in [-0.2, -0.15) is 0 Å². The summed E-state index contributed by atoms with van der Waals surface area (Å²) in [4.78, 5) is 25.4. The Labute approximate surface area is 158 Å². The molecule has 0 atom stereocenters. The van der Waals surface area contributed by atoms with Crippen LogP contribution >= 0.6 is 0 Å². The number of carbonyl (C=O) groups excluding carboxylic acids is 2. The molecule has 0 bridgehead atoms. The minimum absolute atomic E-state index is 0.00511. The van der Waals surface area contributed by atoms with Gasteiger partial charge >= 0.3 is 0 Å². The lowest BCUT2D eigenvalue weighted by atomic mass is 9.80. The van der Waals surface area contributed by atoms with Gasteiger partial charge in [0, 0.05) is 13.0 Å². The lowest BCUT2D eigenvalue weighted by Gasteiger charge is -2.36. The molecule has 1 saturated carbocycles. The zero-order valence-electron chi connectivity index (χ0n) is 16.6. The molecule has 2 N–H and O–H groups in total. The summed E-state index contributed by atoms with van der Waals surface area (Å²) in [6.07, 6.45) is 7.80. The molecule has 1 aliphatic rings. The molecule has 1 fully saturated rings. The van der Waals surface area contributed by atoms with Crippen molar-refractivity contribution >= 4 is 11.8 Å². The third-order valence-electron chi connectivity index (χ3n) is 5.46. The minimum Gasteiger partial charge on any atom is -0.354 e. The zero-order valence-corrected chi connectivity index (χ0v) is 16.6. The van der Waals surface area contributed by atoms with E-state index in [1.165, 1.54) is 16.7 Å². The van der Waals surface area contributed by atoms with Crippen molar-refractivity contribution in [2.45, 2.75) is 84.1 Å². The van der Waals surface area contributed by atoms with Gasteiger partial charge in [0.15, 0.2) is 0 Å². The van der Waals surface area contributed by atoms with Crippen LogP contribution in [0.4, 0.5) is 0 Å². The predicted molar refractivity (Wildman–Crippen MR) is 106 cm³/mol. The first-order valence-electron chi connectivity index (χ1n) is 10.1. The molecule has 0 unspecified atom stereocenters. The monoisotopic (exact) mass is 358 g/mol. The van der Waals surface area contributed by atoms with Crippen LogP contribution in [-0.2, 0) is 16.0 Å². The van der Waals surface area contributed by atoms with Crippen molar-refractivity contribution in [3.8, 4) is 0 Å². The Balaban J connectivity index is 1.96. The average molecular weight is 359 g/mol. The molecular formula is C22H34N2O2. The molecule has 0 aromatic heterocycles. The third kappa shape index (κ3) is 5.58. The summed E-state index contributed by atoms with van der Waals surface area (Å²) in [6, 6.07) is 6.34. The van der Waals surface area contributed by atoms with Crippen LogP contribution in [0.3, 0.4) is 0 Å². The molecule has 0 aliphatic heterocycles. The maximum Gasteiger partial charge on any atom is 0.245 e. The molecule has 1 aromatic rings. The molecule has 0 spiro atoms. The number of hydrogen-bond donors (Lipinski definition) is 2. The van der Waals surface area contributed by atoms with Crippen LogP contribution in [0.5, 0.6) is 0 Å². The first-order chi connectivity index (χ1) is 12.5. The number of carbonyl (C=O) groups is 2. The van der Waals surface area contributed by atoms with Crippen molar-refractivity contribution in [1.29, 1.82) is 0 Å². The Morgan fingerprint density at radius 1 is 1.12 bits per heavy atom. The van der Waals surface area contributed by atoms with E-state index in [0.29, 0.717) is 19.4 Å². The second-order valence-corrected chi connectivity index (χ2v) is 7.73. The van der Waals surface area contributed by atoms with E-state index in [4.69, 9.17) is 0 Å². The maximum atomic E-state index is 12.8. The van der Waals surface area contributed by atoms with E-state index >= 15 is 0 Å². The fourth-order valence-corrected chi connectivity index (χ4v) is 3.82. The fourth-order valence-electron chi connectivity index (χ4n) is 3.82. The van der Waals surface area contributed by atoms with Gasteiger partial charge < -0.3 is 10.6 Å². The molecule has 26 heavy (non-hydrogen) atoms. The first-order valence-corrected chi connectivity index (χ1v) is 10.1. The second-order valence-electron chi connectivity index (χ2n) is 7.73. The molecule has 0 radical (unpaired) electrons. The van der Waals surface area contributed by atoms with E-state index < -0.39 is 5.54 Å². The summed E-state index contributed by atoms with van der Waals surface area (Å²) in [7, 11) is 0. The molecule has 144 valence electrons. The lowest BCUT2D eigenvalue weighted by molar-refractivity contribution is -0.135. The van der Waals surface area contributed by atoms with Gasteiger partial charge in [0.1, 0.15) is 5.54 Å². The lowest BCUT2D eigenvalue weighted by Crippen LogP contribution is -2.59. The zero-order chi connectivity index (χ0) is 19.0. The highest BCUT2D eigenvalue weighted by atomic mass is 16.2. The first kappa shape index (κ1) is 20.5. The number of amides is 2. The molecular weight excluding hydrogens is 324 g/mol. The molecule has 2 rings (SSSR count). The predicted octanol–water partition coefficient (Wildman–Crippen LogP) is 3.97. The molecule has 2 amide bonds. The van der Waals surface area contributed by atoms with Crippen molar-refractivity contribution in [2.75, 3.05) is 6.54 Å².